The quantitative estimate of drug-likeness (QED) is 0.740. The fourth-order valence-corrected chi connectivity index (χ4v) is 3.43. The highest BCUT2D eigenvalue weighted by Crippen LogP contribution is 2.34. The molecule has 21 heavy (non-hydrogen) atoms. The van der Waals surface area contributed by atoms with Crippen molar-refractivity contribution in [1.82, 2.24) is 0 Å². The Morgan fingerprint density at radius 1 is 1.14 bits per heavy atom. The van der Waals surface area contributed by atoms with Crippen LogP contribution < -0.4 is 4.74 Å². The summed E-state index contributed by atoms with van der Waals surface area (Å²) in [6.07, 6.45) is 5.64. The van der Waals surface area contributed by atoms with Gasteiger partial charge in [-0.05, 0) is 62.3 Å². The van der Waals surface area contributed by atoms with Gasteiger partial charge in [0.1, 0.15) is 5.75 Å². The number of hydrogen-bond donors (Lipinski definition) is 0. The van der Waals surface area contributed by atoms with Crippen LogP contribution in [0.1, 0.15) is 49.4 Å². The summed E-state index contributed by atoms with van der Waals surface area (Å²) in [5.41, 5.74) is 0.802. The van der Waals surface area contributed by atoms with E-state index in [-0.39, 0.29) is 11.7 Å². The summed E-state index contributed by atoms with van der Waals surface area (Å²) in [7, 11) is 3.42. The number of hydrogen-bond acceptors (Lipinski definition) is 3. The molecule has 0 N–H and O–H groups in total. The normalized spacial score (nSPS) is 23.6. The molecule has 1 aliphatic carbocycles. The van der Waals surface area contributed by atoms with Crippen LogP contribution in [0.3, 0.4) is 0 Å². The lowest BCUT2D eigenvalue weighted by molar-refractivity contribution is 0.0433. The lowest BCUT2D eigenvalue weighted by atomic mass is 9.75. The second-order valence-electron chi connectivity index (χ2n) is 5.88. The Morgan fingerprint density at radius 2 is 1.76 bits per heavy atom. The van der Waals surface area contributed by atoms with E-state index in [0.29, 0.717) is 12.0 Å². The highest BCUT2D eigenvalue weighted by atomic mass is 16.5. The minimum absolute atomic E-state index is 0.135. The van der Waals surface area contributed by atoms with Crippen LogP contribution in [0.4, 0.5) is 0 Å². The Balaban J connectivity index is 2.04. The Hall–Kier alpha value is -1.35. The predicted octanol–water partition coefficient (Wildman–Crippen LogP) is 4.11. The van der Waals surface area contributed by atoms with Crippen molar-refractivity contribution < 1.29 is 14.3 Å². The van der Waals surface area contributed by atoms with Crippen molar-refractivity contribution in [3.05, 3.63) is 29.8 Å². The van der Waals surface area contributed by atoms with E-state index in [2.05, 4.69) is 6.92 Å². The van der Waals surface area contributed by atoms with E-state index < -0.39 is 0 Å². The highest BCUT2D eigenvalue weighted by Gasteiger charge is 2.31. The van der Waals surface area contributed by atoms with Gasteiger partial charge in [-0.15, -0.1) is 0 Å². The molecule has 0 spiro atoms. The van der Waals surface area contributed by atoms with Crippen LogP contribution in [-0.2, 0) is 4.74 Å². The molecule has 0 aliphatic heterocycles. The fraction of sp³-hybridized carbons (Fsp3) is 0.611. The van der Waals surface area contributed by atoms with Gasteiger partial charge in [-0.25, -0.2) is 0 Å². The molecule has 1 aliphatic rings. The summed E-state index contributed by atoms with van der Waals surface area (Å²) < 4.78 is 10.6. The van der Waals surface area contributed by atoms with Gasteiger partial charge in [0.25, 0.3) is 0 Å². The Labute approximate surface area is 127 Å². The molecule has 0 bridgehead atoms. The molecule has 3 nitrogen and oxygen atoms in total. The zero-order chi connectivity index (χ0) is 15.2. The number of carbonyl (C=O) groups excluding carboxylic acids is 1. The summed E-state index contributed by atoms with van der Waals surface area (Å²) in [6, 6.07) is 7.48. The molecule has 1 atom stereocenters. The number of Topliss-reactive ketones (excluding diaryl/α,β-unsaturated/α-hetero) is 1. The number of benzene rings is 1. The first-order valence-corrected chi connectivity index (χ1v) is 7.90. The maximum Gasteiger partial charge on any atom is 0.166 e. The molecule has 1 saturated carbocycles. The average Bonchev–Trinajstić information content (AvgIpc) is 2.56. The lowest BCUT2D eigenvalue weighted by Gasteiger charge is -2.32. The van der Waals surface area contributed by atoms with Gasteiger partial charge in [0.2, 0.25) is 0 Å². The first kappa shape index (κ1) is 16.0. The molecule has 2 rings (SSSR count). The summed E-state index contributed by atoms with van der Waals surface area (Å²) in [5.74, 6) is 1.70. The summed E-state index contributed by atoms with van der Waals surface area (Å²) in [4.78, 5) is 12.8. The first-order valence-electron chi connectivity index (χ1n) is 7.90. The molecule has 3 heteroatoms. The Morgan fingerprint density at radius 3 is 2.24 bits per heavy atom. The fourth-order valence-electron chi connectivity index (χ4n) is 3.43. The van der Waals surface area contributed by atoms with Crippen LogP contribution >= 0.6 is 0 Å². The van der Waals surface area contributed by atoms with E-state index in [0.717, 1.165) is 43.4 Å². The van der Waals surface area contributed by atoms with Gasteiger partial charge in [-0.3, -0.25) is 4.79 Å². The predicted molar refractivity (Wildman–Crippen MR) is 83.9 cm³/mol. The molecule has 0 radical (unpaired) electrons. The zero-order valence-electron chi connectivity index (χ0n) is 13.3. The van der Waals surface area contributed by atoms with E-state index >= 15 is 0 Å². The van der Waals surface area contributed by atoms with Crippen LogP contribution in [0.15, 0.2) is 24.3 Å². The SMILES string of the molecule is CCC(C(=O)c1ccc(OC)cc1)C1CCC(OC)CC1. The minimum Gasteiger partial charge on any atom is -0.497 e. The molecule has 1 unspecified atom stereocenters. The van der Waals surface area contributed by atoms with Gasteiger partial charge >= 0.3 is 0 Å². The number of ether oxygens (including phenoxy) is 2. The topological polar surface area (TPSA) is 35.5 Å². The van der Waals surface area contributed by atoms with Crippen LogP contribution in [0.5, 0.6) is 5.75 Å². The van der Waals surface area contributed by atoms with E-state index in [4.69, 9.17) is 9.47 Å². The standard InChI is InChI=1S/C18H26O3/c1-4-17(13-5-9-15(20-2)10-6-13)18(19)14-7-11-16(21-3)12-8-14/h7-8,11-13,15,17H,4-6,9-10H2,1-3H3. The van der Waals surface area contributed by atoms with Crippen molar-refractivity contribution in [1.29, 1.82) is 0 Å². The maximum atomic E-state index is 12.8. The average molecular weight is 290 g/mol. The van der Waals surface area contributed by atoms with Gasteiger partial charge in [0.05, 0.1) is 13.2 Å². The smallest absolute Gasteiger partial charge is 0.166 e. The monoisotopic (exact) mass is 290 g/mol. The van der Waals surface area contributed by atoms with Crippen molar-refractivity contribution in [2.45, 2.75) is 45.1 Å². The third-order valence-electron chi connectivity index (χ3n) is 4.77. The van der Waals surface area contributed by atoms with Crippen molar-refractivity contribution >= 4 is 5.78 Å². The van der Waals surface area contributed by atoms with E-state index in [9.17, 15) is 4.79 Å². The molecule has 116 valence electrons. The molecule has 0 saturated heterocycles. The maximum absolute atomic E-state index is 12.8. The van der Waals surface area contributed by atoms with E-state index in [1.165, 1.54) is 0 Å². The van der Waals surface area contributed by atoms with E-state index in [1.807, 2.05) is 24.3 Å². The van der Waals surface area contributed by atoms with Crippen molar-refractivity contribution in [3.63, 3.8) is 0 Å². The first-order chi connectivity index (χ1) is 10.2. The lowest BCUT2D eigenvalue weighted by Crippen LogP contribution is -2.29. The summed E-state index contributed by atoms with van der Waals surface area (Å²) >= 11 is 0. The Bertz CT molecular complexity index is 444. The van der Waals surface area contributed by atoms with Crippen molar-refractivity contribution in [3.8, 4) is 5.75 Å². The molecule has 0 aromatic heterocycles. The van der Waals surface area contributed by atoms with Crippen molar-refractivity contribution in [2.75, 3.05) is 14.2 Å². The number of rotatable bonds is 6. The van der Waals surface area contributed by atoms with Crippen molar-refractivity contribution in [2.24, 2.45) is 11.8 Å². The molecule has 1 aromatic carbocycles. The highest BCUT2D eigenvalue weighted by molar-refractivity contribution is 5.98. The number of carbonyl (C=O) groups is 1. The third-order valence-corrected chi connectivity index (χ3v) is 4.77. The molecule has 0 heterocycles. The van der Waals surface area contributed by atoms with Gasteiger partial charge in [-0.2, -0.15) is 0 Å². The molecule has 1 aromatic rings. The van der Waals surface area contributed by atoms with Crippen LogP contribution in [0.2, 0.25) is 0 Å². The van der Waals surface area contributed by atoms with Gasteiger partial charge in [-0.1, -0.05) is 6.92 Å². The molecular formula is C18H26O3. The van der Waals surface area contributed by atoms with Gasteiger partial charge < -0.3 is 9.47 Å². The summed E-state index contributed by atoms with van der Waals surface area (Å²) in [6.45, 7) is 2.12. The van der Waals surface area contributed by atoms with Gasteiger partial charge in [0.15, 0.2) is 5.78 Å². The minimum atomic E-state index is 0.135. The molecule has 1 fully saturated rings. The zero-order valence-corrected chi connectivity index (χ0v) is 13.3. The second-order valence-corrected chi connectivity index (χ2v) is 5.88. The third kappa shape index (κ3) is 3.85. The number of methoxy groups -OCH3 is 2. The summed E-state index contributed by atoms with van der Waals surface area (Å²) in [5, 5.41) is 0. The van der Waals surface area contributed by atoms with Crippen LogP contribution in [0.25, 0.3) is 0 Å². The second kappa shape index (κ2) is 7.60. The number of ketones is 1. The van der Waals surface area contributed by atoms with Crippen LogP contribution in [-0.4, -0.2) is 26.1 Å². The molecular weight excluding hydrogens is 264 g/mol. The largest absolute Gasteiger partial charge is 0.497 e. The van der Waals surface area contributed by atoms with E-state index in [1.54, 1.807) is 14.2 Å². The van der Waals surface area contributed by atoms with Crippen LogP contribution in [0, 0.1) is 11.8 Å². The van der Waals surface area contributed by atoms with Gasteiger partial charge in [0, 0.05) is 18.6 Å². The Kier molecular flexibility index (Phi) is 5.80. The molecule has 0 amide bonds.